The second-order valence-electron chi connectivity index (χ2n) is 6.83. The summed E-state index contributed by atoms with van der Waals surface area (Å²) in [6.07, 6.45) is 2.07. The predicted octanol–water partition coefficient (Wildman–Crippen LogP) is 1.21. The predicted molar refractivity (Wildman–Crippen MR) is 98.0 cm³/mol. The highest BCUT2D eigenvalue weighted by molar-refractivity contribution is 5.80. The van der Waals surface area contributed by atoms with Crippen molar-refractivity contribution in [1.82, 2.24) is 20.3 Å². The number of hydrogen-bond donors (Lipinski definition) is 1. The molecule has 3 rings (SSSR count). The Balaban J connectivity index is 1.57. The molecule has 0 aromatic carbocycles. The smallest absolute Gasteiger partial charge is 0.193 e. The summed E-state index contributed by atoms with van der Waals surface area (Å²) in [6, 6.07) is 0.621. The zero-order chi connectivity index (χ0) is 17.6. The van der Waals surface area contributed by atoms with E-state index in [0.717, 1.165) is 76.3 Å². The molecule has 1 aromatic heterocycles. The number of guanidine groups is 1. The summed E-state index contributed by atoms with van der Waals surface area (Å²) in [5, 5.41) is 7.48. The molecule has 140 valence electrons. The number of nitrogens with zero attached hydrogens (tertiary/aromatic N) is 4. The van der Waals surface area contributed by atoms with Gasteiger partial charge in [-0.05, 0) is 33.6 Å². The molecule has 1 atom stereocenters. The Labute approximate surface area is 150 Å². The van der Waals surface area contributed by atoms with Crippen molar-refractivity contribution in [2.45, 2.75) is 39.7 Å². The molecule has 0 saturated carbocycles. The fraction of sp³-hybridized carbons (Fsp3) is 0.778. The van der Waals surface area contributed by atoms with Crippen molar-refractivity contribution in [2.24, 2.45) is 4.99 Å². The Morgan fingerprint density at radius 2 is 2.08 bits per heavy atom. The summed E-state index contributed by atoms with van der Waals surface area (Å²) in [5.74, 6) is 1.94. The molecule has 25 heavy (non-hydrogen) atoms. The minimum atomic E-state index is 0.621. The largest absolute Gasteiger partial charge is 0.379 e. The molecular formula is C18H31N5O2. The summed E-state index contributed by atoms with van der Waals surface area (Å²) >= 11 is 0. The van der Waals surface area contributed by atoms with Crippen molar-refractivity contribution in [1.29, 1.82) is 0 Å². The Hall–Kier alpha value is -1.60. The third-order valence-electron chi connectivity index (χ3n) is 5.16. The number of morpholine rings is 1. The molecule has 2 saturated heterocycles. The van der Waals surface area contributed by atoms with Crippen LogP contribution in [0.2, 0.25) is 0 Å². The fourth-order valence-corrected chi connectivity index (χ4v) is 3.73. The van der Waals surface area contributed by atoms with Crippen LogP contribution in [0.3, 0.4) is 0 Å². The highest BCUT2D eigenvalue weighted by Crippen LogP contribution is 2.17. The molecule has 0 bridgehead atoms. The maximum absolute atomic E-state index is 5.48. The summed E-state index contributed by atoms with van der Waals surface area (Å²) < 4.78 is 10.7. The number of likely N-dealkylation sites (tertiary alicyclic amines) is 1. The van der Waals surface area contributed by atoms with Gasteiger partial charge in [-0.3, -0.25) is 9.89 Å². The van der Waals surface area contributed by atoms with E-state index in [4.69, 9.17) is 14.3 Å². The highest BCUT2D eigenvalue weighted by Gasteiger charge is 2.30. The zero-order valence-corrected chi connectivity index (χ0v) is 15.8. The SMILES string of the molecule is CCNC(=NCCc1c(C)noc1C)N1CCC(N2CCOCC2)C1. The van der Waals surface area contributed by atoms with E-state index < -0.39 is 0 Å². The van der Waals surface area contributed by atoms with Gasteiger partial charge in [0.05, 0.1) is 18.9 Å². The number of ether oxygens (including phenoxy) is 1. The lowest BCUT2D eigenvalue weighted by Gasteiger charge is -2.32. The van der Waals surface area contributed by atoms with Crippen LogP contribution < -0.4 is 5.32 Å². The van der Waals surface area contributed by atoms with Crippen LogP contribution in [0.4, 0.5) is 0 Å². The minimum absolute atomic E-state index is 0.621. The van der Waals surface area contributed by atoms with E-state index in [2.05, 4.69) is 27.2 Å². The van der Waals surface area contributed by atoms with Crippen LogP contribution in [0, 0.1) is 13.8 Å². The number of aliphatic imine (C=N–C) groups is 1. The van der Waals surface area contributed by atoms with Crippen molar-refractivity contribution in [2.75, 3.05) is 52.5 Å². The van der Waals surface area contributed by atoms with Crippen molar-refractivity contribution in [3.05, 3.63) is 17.0 Å². The van der Waals surface area contributed by atoms with Gasteiger partial charge in [0.2, 0.25) is 0 Å². The van der Waals surface area contributed by atoms with Crippen LogP contribution >= 0.6 is 0 Å². The van der Waals surface area contributed by atoms with Gasteiger partial charge in [0.15, 0.2) is 5.96 Å². The normalized spacial score (nSPS) is 22.6. The van der Waals surface area contributed by atoms with Gasteiger partial charge in [-0.1, -0.05) is 5.16 Å². The van der Waals surface area contributed by atoms with Gasteiger partial charge < -0.3 is 19.5 Å². The quantitative estimate of drug-likeness (QED) is 0.637. The van der Waals surface area contributed by atoms with Gasteiger partial charge in [-0.2, -0.15) is 0 Å². The second-order valence-corrected chi connectivity index (χ2v) is 6.83. The lowest BCUT2D eigenvalue weighted by atomic mass is 10.1. The molecule has 2 aliphatic rings. The summed E-state index contributed by atoms with van der Waals surface area (Å²) in [4.78, 5) is 9.82. The van der Waals surface area contributed by atoms with E-state index in [9.17, 15) is 0 Å². The van der Waals surface area contributed by atoms with Crippen molar-refractivity contribution >= 4 is 5.96 Å². The summed E-state index contributed by atoms with van der Waals surface area (Å²) in [7, 11) is 0. The maximum atomic E-state index is 5.48. The number of nitrogens with one attached hydrogen (secondary N) is 1. The Morgan fingerprint density at radius 1 is 1.28 bits per heavy atom. The number of hydrogen-bond acceptors (Lipinski definition) is 5. The van der Waals surface area contributed by atoms with Gasteiger partial charge in [0.25, 0.3) is 0 Å². The van der Waals surface area contributed by atoms with Crippen molar-refractivity contribution in [3.8, 4) is 0 Å². The number of rotatable bonds is 5. The molecule has 1 N–H and O–H groups in total. The molecule has 0 radical (unpaired) electrons. The topological polar surface area (TPSA) is 66.1 Å². The van der Waals surface area contributed by atoms with Gasteiger partial charge >= 0.3 is 0 Å². The standard InChI is InChI=1S/C18H31N5O2/c1-4-19-18(20-7-5-17-14(2)21-25-15(17)3)23-8-6-16(13-23)22-9-11-24-12-10-22/h16H,4-13H2,1-3H3,(H,19,20). The molecule has 7 nitrogen and oxygen atoms in total. The third kappa shape index (κ3) is 4.52. The van der Waals surface area contributed by atoms with Crippen molar-refractivity contribution in [3.63, 3.8) is 0 Å². The maximum Gasteiger partial charge on any atom is 0.193 e. The van der Waals surface area contributed by atoms with Crippen molar-refractivity contribution < 1.29 is 9.26 Å². The Bertz CT molecular complexity index is 561. The molecule has 2 aliphatic heterocycles. The third-order valence-corrected chi connectivity index (χ3v) is 5.16. The molecule has 0 aliphatic carbocycles. The van der Waals surface area contributed by atoms with E-state index in [1.54, 1.807) is 0 Å². The van der Waals surface area contributed by atoms with Crippen LogP contribution in [-0.2, 0) is 11.2 Å². The summed E-state index contributed by atoms with van der Waals surface area (Å²) in [5.41, 5.74) is 2.17. The molecular weight excluding hydrogens is 318 g/mol. The highest BCUT2D eigenvalue weighted by atomic mass is 16.5. The first-order valence-corrected chi connectivity index (χ1v) is 9.45. The molecule has 1 unspecified atom stereocenters. The average Bonchev–Trinajstić information content (AvgIpc) is 3.24. The van der Waals surface area contributed by atoms with Crippen LogP contribution in [0.5, 0.6) is 0 Å². The molecule has 1 aromatic rings. The first-order chi connectivity index (χ1) is 12.2. The number of aryl methyl sites for hydroxylation is 2. The molecule has 7 heteroatoms. The van der Waals surface area contributed by atoms with Gasteiger partial charge in [0, 0.05) is 50.9 Å². The Morgan fingerprint density at radius 3 is 2.76 bits per heavy atom. The first-order valence-electron chi connectivity index (χ1n) is 9.45. The lowest BCUT2D eigenvalue weighted by molar-refractivity contribution is 0.0195. The van der Waals surface area contributed by atoms with Gasteiger partial charge in [0.1, 0.15) is 5.76 Å². The van der Waals surface area contributed by atoms with Crippen LogP contribution in [0.25, 0.3) is 0 Å². The van der Waals surface area contributed by atoms with E-state index in [0.29, 0.717) is 6.04 Å². The monoisotopic (exact) mass is 349 g/mol. The molecule has 0 amide bonds. The lowest BCUT2D eigenvalue weighted by Crippen LogP contribution is -2.46. The van der Waals surface area contributed by atoms with E-state index in [1.807, 2.05) is 13.8 Å². The molecule has 3 heterocycles. The van der Waals surface area contributed by atoms with Crippen LogP contribution in [-0.4, -0.2) is 79.4 Å². The summed E-state index contributed by atoms with van der Waals surface area (Å²) in [6.45, 7) is 13.7. The first kappa shape index (κ1) is 18.2. The molecule has 2 fully saturated rings. The van der Waals surface area contributed by atoms with Gasteiger partial charge in [-0.15, -0.1) is 0 Å². The van der Waals surface area contributed by atoms with Crippen LogP contribution in [0.1, 0.15) is 30.4 Å². The second kappa shape index (κ2) is 8.67. The minimum Gasteiger partial charge on any atom is -0.379 e. The van der Waals surface area contributed by atoms with E-state index in [1.165, 1.54) is 12.0 Å². The average molecular weight is 349 g/mol. The number of aromatic nitrogens is 1. The Kier molecular flexibility index (Phi) is 6.31. The van der Waals surface area contributed by atoms with Crippen LogP contribution in [0.15, 0.2) is 9.52 Å². The fourth-order valence-electron chi connectivity index (χ4n) is 3.73. The van der Waals surface area contributed by atoms with Gasteiger partial charge in [-0.25, -0.2) is 0 Å². The zero-order valence-electron chi connectivity index (χ0n) is 15.8. The van der Waals surface area contributed by atoms with E-state index in [-0.39, 0.29) is 0 Å². The molecule has 0 spiro atoms. The van der Waals surface area contributed by atoms with E-state index >= 15 is 0 Å².